The summed E-state index contributed by atoms with van der Waals surface area (Å²) in [5.74, 6) is 0. The van der Waals surface area contributed by atoms with Crippen LogP contribution >= 0.6 is 0 Å². The summed E-state index contributed by atoms with van der Waals surface area (Å²) in [5.41, 5.74) is 1.97. The lowest BCUT2D eigenvalue weighted by Crippen LogP contribution is -2.35. The molecule has 4 heteroatoms. The SMILES string of the molecule is Cc1cc(CNC(C)(C)C)nc(OC(C)C)n1. The number of rotatable bonds is 4. The molecular formula is C13H23N3O. The van der Waals surface area contributed by atoms with Crippen LogP contribution in [0.1, 0.15) is 46.0 Å². The minimum Gasteiger partial charge on any atom is -0.461 e. The van der Waals surface area contributed by atoms with Crippen molar-refractivity contribution in [1.29, 1.82) is 0 Å². The third-order valence-electron chi connectivity index (χ3n) is 2.03. The minimum atomic E-state index is 0.0813. The number of hydrogen-bond acceptors (Lipinski definition) is 4. The van der Waals surface area contributed by atoms with Crippen molar-refractivity contribution in [3.8, 4) is 6.01 Å². The van der Waals surface area contributed by atoms with Gasteiger partial charge in [0, 0.05) is 17.8 Å². The average Bonchev–Trinajstić information content (AvgIpc) is 2.11. The summed E-state index contributed by atoms with van der Waals surface area (Å²) in [6, 6.07) is 2.44. The molecule has 17 heavy (non-hydrogen) atoms. The van der Waals surface area contributed by atoms with Crippen molar-refractivity contribution >= 4 is 0 Å². The monoisotopic (exact) mass is 237 g/mol. The Hall–Kier alpha value is -1.16. The van der Waals surface area contributed by atoms with Crippen molar-refractivity contribution in [3.63, 3.8) is 0 Å². The third-order valence-corrected chi connectivity index (χ3v) is 2.03. The van der Waals surface area contributed by atoms with E-state index in [9.17, 15) is 0 Å². The van der Waals surface area contributed by atoms with E-state index in [1.807, 2.05) is 26.8 Å². The van der Waals surface area contributed by atoms with Crippen LogP contribution in [-0.4, -0.2) is 21.6 Å². The Labute approximate surface area is 104 Å². The maximum absolute atomic E-state index is 5.52. The molecule has 0 saturated carbocycles. The summed E-state index contributed by atoms with van der Waals surface area (Å²) >= 11 is 0. The van der Waals surface area contributed by atoms with Gasteiger partial charge in [-0.25, -0.2) is 4.98 Å². The molecule has 0 atom stereocenters. The van der Waals surface area contributed by atoms with E-state index in [4.69, 9.17) is 4.74 Å². The van der Waals surface area contributed by atoms with Crippen molar-refractivity contribution in [3.05, 3.63) is 17.5 Å². The topological polar surface area (TPSA) is 47.0 Å². The quantitative estimate of drug-likeness (QED) is 0.874. The van der Waals surface area contributed by atoms with Gasteiger partial charge in [0.25, 0.3) is 0 Å². The van der Waals surface area contributed by atoms with Gasteiger partial charge < -0.3 is 10.1 Å². The Morgan fingerprint density at radius 1 is 1.29 bits per heavy atom. The molecule has 0 aliphatic carbocycles. The lowest BCUT2D eigenvalue weighted by molar-refractivity contribution is 0.220. The fraction of sp³-hybridized carbons (Fsp3) is 0.692. The normalized spacial score (nSPS) is 11.9. The zero-order valence-corrected chi connectivity index (χ0v) is 11.7. The zero-order valence-electron chi connectivity index (χ0n) is 11.7. The van der Waals surface area contributed by atoms with E-state index >= 15 is 0 Å². The van der Waals surface area contributed by atoms with E-state index in [0.29, 0.717) is 6.01 Å². The van der Waals surface area contributed by atoms with Gasteiger partial charge in [0.2, 0.25) is 0 Å². The molecule has 1 N–H and O–H groups in total. The van der Waals surface area contributed by atoms with Crippen LogP contribution in [0.4, 0.5) is 0 Å². The van der Waals surface area contributed by atoms with Crippen LogP contribution in [0, 0.1) is 6.92 Å². The second-order valence-corrected chi connectivity index (χ2v) is 5.55. The van der Waals surface area contributed by atoms with Crippen LogP contribution in [-0.2, 0) is 6.54 Å². The van der Waals surface area contributed by atoms with Crippen LogP contribution in [0.5, 0.6) is 6.01 Å². The van der Waals surface area contributed by atoms with Crippen LogP contribution in [0.3, 0.4) is 0 Å². The molecule has 0 saturated heterocycles. The molecule has 1 heterocycles. The second kappa shape index (κ2) is 5.45. The van der Waals surface area contributed by atoms with Gasteiger partial charge in [-0.2, -0.15) is 4.98 Å². The van der Waals surface area contributed by atoms with E-state index in [1.165, 1.54) is 0 Å². The standard InChI is InChI=1S/C13H23N3O/c1-9(2)17-12-15-10(3)7-11(16-12)8-14-13(4,5)6/h7,9,14H,8H2,1-6H3. The van der Waals surface area contributed by atoms with E-state index < -0.39 is 0 Å². The van der Waals surface area contributed by atoms with Gasteiger partial charge in [0.05, 0.1) is 11.8 Å². The summed E-state index contributed by atoms with van der Waals surface area (Å²) in [7, 11) is 0. The molecule has 0 spiro atoms. The molecular weight excluding hydrogens is 214 g/mol. The molecule has 0 unspecified atom stereocenters. The largest absolute Gasteiger partial charge is 0.461 e. The molecule has 0 aliphatic heterocycles. The number of nitrogens with zero attached hydrogens (tertiary/aromatic N) is 2. The first kappa shape index (κ1) is 13.9. The Morgan fingerprint density at radius 2 is 1.94 bits per heavy atom. The lowest BCUT2D eigenvalue weighted by Gasteiger charge is -2.20. The summed E-state index contributed by atoms with van der Waals surface area (Å²) in [4.78, 5) is 8.64. The maximum Gasteiger partial charge on any atom is 0.317 e. The Bertz CT molecular complexity index is 369. The van der Waals surface area contributed by atoms with Gasteiger partial charge >= 0.3 is 6.01 Å². The molecule has 0 radical (unpaired) electrons. The number of aryl methyl sites for hydroxylation is 1. The Kier molecular flexibility index (Phi) is 4.46. The van der Waals surface area contributed by atoms with Gasteiger partial charge in [0.15, 0.2) is 0 Å². The van der Waals surface area contributed by atoms with E-state index in [-0.39, 0.29) is 11.6 Å². The van der Waals surface area contributed by atoms with Crippen molar-refractivity contribution in [1.82, 2.24) is 15.3 Å². The maximum atomic E-state index is 5.52. The van der Waals surface area contributed by atoms with Gasteiger partial charge in [-0.1, -0.05) is 0 Å². The summed E-state index contributed by atoms with van der Waals surface area (Å²) in [6.07, 6.45) is 0.0974. The van der Waals surface area contributed by atoms with Gasteiger partial charge in [0.1, 0.15) is 0 Å². The van der Waals surface area contributed by atoms with Gasteiger partial charge in [-0.3, -0.25) is 0 Å². The Balaban J connectivity index is 2.75. The highest BCUT2D eigenvalue weighted by Gasteiger charge is 2.10. The molecule has 4 nitrogen and oxygen atoms in total. The molecule has 0 fully saturated rings. The van der Waals surface area contributed by atoms with E-state index in [0.717, 1.165) is 17.9 Å². The third kappa shape index (κ3) is 5.63. The van der Waals surface area contributed by atoms with Gasteiger partial charge in [-0.15, -0.1) is 0 Å². The second-order valence-electron chi connectivity index (χ2n) is 5.55. The van der Waals surface area contributed by atoms with Crippen molar-refractivity contribution in [2.45, 2.75) is 59.7 Å². The average molecular weight is 237 g/mol. The molecule has 0 aliphatic rings. The molecule has 0 bridgehead atoms. The van der Waals surface area contributed by atoms with Crippen molar-refractivity contribution in [2.75, 3.05) is 0 Å². The van der Waals surface area contributed by atoms with Crippen LogP contribution < -0.4 is 10.1 Å². The summed E-state index contributed by atoms with van der Waals surface area (Å²) < 4.78 is 5.52. The fourth-order valence-corrected chi connectivity index (χ4v) is 1.31. The first-order valence-electron chi connectivity index (χ1n) is 6.02. The zero-order chi connectivity index (χ0) is 13.1. The first-order chi connectivity index (χ1) is 7.76. The molecule has 1 aromatic heterocycles. The van der Waals surface area contributed by atoms with Crippen LogP contribution in [0.15, 0.2) is 6.07 Å². The van der Waals surface area contributed by atoms with Gasteiger partial charge in [-0.05, 0) is 47.6 Å². The van der Waals surface area contributed by atoms with Crippen molar-refractivity contribution < 1.29 is 4.74 Å². The summed E-state index contributed by atoms with van der Waals surface area (Å²) in [5, 5.41) is 3.40. The molecule has 1 rings (SSSR count). The Morgan fingerprint density at radius 3 is 2.47 bits per heavy atom. The molecule has 0 aromatic carbocycles. The van der Waals surface area contributed by atoms with E-state index in [1.54, 1.807) is 0 Å². The highest BCUT2D eigenvalue weighted by atomic mass is 16.5. The molecule has 96 valence electrons. The first-order valence-corrected chi connectivity index (χ1v) is 6.02. The number of aromatic nitrogens is 2. The van der Waals surface area contributed by atoms with Crippen LogP contribution in [0.25, 0.3) is 0 Å². The minimum absolute atomic E-state index is 0.0813. The van der Waals surface area contributed by atoms with Crippen molar-refractivity contribution in [2.24, 2.45) is 0 Å². The molecule has 1 aromatic rings. The smallest absolute Gasteiger partial charge is 0.317 e. The number of hydrogen-bond donors (Lipinski definition) is 1. The van der Waals surface area contributed by atoms with Crippen LogP contribution in [0.2, 0.25) is 0 Å². The molecule has 0 amide bonds. The predicted octanol–water partition coefficient (Wildman–Crippen LogP) is 2.46. The fourth-order valence-electron chi connectivity index (χ4n) is 1.31. The summed E-state index contributed by atoms with van der Waals surface area (Å²) in [6.45, 7) is 13.0. The lowest BCUT2D eigenvalue weighted by atomic mass is 10.1. The number of nitrogens with one attached hydrogen (secondary N) is 1. The number of ether oxygens (including phenoxy) is 1. The highest BCUT2D eigenvalue weighted by molar-refractivity contribution is 5.13. The highest BCUT2D eigenvalue weighted by Crippen LogP contribution is 2.10. The van der Waals surface area contributed by atoms with E-state index in [2.05, 4.69) is 36.1 Å². The predicted molar refractivity (Wildman–Crippen MR) is 69.1 cm³/mol.